The summed E-state index contributed by atoms with van der Waals surface area (Å²) >= 11 is 0. The molecule has 0 atom stereocenters. The highest BCUT2D eigenvalue weighted by atomic mass is 16.5. The zero-order chi connectivity index (χ0) is 31.0. The summed E-state index contributed by atoms with van der Waals surface area (Å²) in [6.07, 6.45) is 3.31. The maximum Gasteiger partial charge on any atom is 0.343 e. The van der Waals surface area contributed by atoms with Crippen LogP contribution < -0.4 is 18.9 Å². The van der Waals surface area contributed by atoms with Crippen molar-refractivity contribution in [1.82, 2.24) is 0 Å². The number of aryl methyl sites for hydroxylation is 1. The summed E-state index contributed by atoms with van der Waals surface area (Å²) in [4.78, 5) is 34.7. The van der Waals surface area contributed by atoms with Gasteiger partial charge < -0.3 is 28.4 Å². The first-order valence-corrected chi connectivity index (χ1v) is 13.5. The number of hydrogen-bond donors (Lipinski definition) is 0. The maximum atomic E-state index is 12.6. The minimum atomic E-state index is -0.513. The van der Waals surface area contributed by atoms with Gasteiger partial charge >= 0.3 is 17.9 Å². The van der Waals surface area contributed by atoms with Gasteiger partial charge in [-0.15, -0.1) is 0 Å². The first-order chi connectivity index (χ1) is 20.8. The Morgan fingerprint density at radius 1 is 0.651 bits per heavy atom. The van der Waals surface area contributed by atoms with Crippen LogP contribution in [0.5, 0.6) is 23.0 Å². The Labute approximate surface area is 250 Å². The molecular weight excluding hydrogens is 552 g/mol. The van der Waals surface area contributed by atoms with Gasteiger partial charge in [-0.2, -0.15) is 0 Å². The third-order valence-corrected chi connectivity index (χ3v) is 5.79. The molecule has 3 aromatic rings. The fourth-order valence-corrected chi connectivity index (χ4v) is 3.54. The van der Waals surface area contributed by atoms with E-state index in [-0.39, 0.29) is 13.2 Å². The minimum absolute atomic E-state index is 0.232. The number of ether oxygens (including phenoxy) is 6. The largest absolute Gasteiger partial charge is 0.493 e. The standard InChI is InChI=1S/C34H34O9/c1-5-32(35)40-21-7-19-38-28-13-9-26(10-14-28)25(4)42-31-18-17-30(23-24(31)3)43-34(37)27-11-15-29(16-12-27)39-20-8-22-41-33(36)6-2/h5-6,9-18,23H,1-2,4,7-8,19-22H2,3H3. The zero-order valence-corrected chi connectivity index (χ0v) is 24.0. The lowest BCUT2D eigenvalue weighted by Gasteiger charge is -2.13. The van der Waals surface area contributed by atoms with Crippen molar-refractivity contribution in [1.29, 1.82) is 0 Å². The van der Waals surface area contributed by atoms with E-state index in [1.54, 1.807) is 54.6 Å². The predicted octanol–water partition coefficient (Wildman–Crippen LogP) is 6.26. The Kier molecular flexibility index (Phi) is 12.6. The maximum absolute atomic E-state index is 12.6. The molecule has 3 rings (SSSR count). The lowest BCUT2D eigenvalue weighted by atomic mass is 10.1. The third-order valence-electron chi connectivity index (χ3n) is 5.79. The van der Waals surface area contributed by atoms with Crippen LogP contribution in [0.2, 0.25) is 0 Å². The Morgan fingerprint density at radius 2 is 1.14 bits per heavy atom. The van der Waals surface area contributed by atoms with Gasteiger partial charge in [-0.3, -0.25) is 0 Å². The van der Waals surface area contributed by atoms with Gasteiger partial charge in [-0.05, 0) is 79.2 Å². The van der Waals surface area contributed by atoms with E-state index in [1.165, 1.54) is 0 Å². The highest BCUT2D eigenvalue weighted by molar-refractivity contribution is 5.91. The molecule has 43 heavy (non-hydrogen) atoms. The zero-order valence-electron chi connectivity index (χ0n) is 24.0. The molecule has 0 saturated carbocycles. The second-order valence-electron chi connectivity index (χ2n) is 9.04. The number of esters is 3. The molecule has 0 amide bonds. The SMILES string of the molecule is C=CC(=O)OCCCOc1ccc(C(=C)Oc2ccc(OC(=O)c3ccc(OCCCOC(=O)C=C)cc3)cc2C)cc1. The molecule has 9 nitrogen and oxygen atoms in total. The van der Waals surface area contributed by atoms with Crippen LogP contribution in [0, 0.1) is 6.92 Å². The molecule has 0 fully saturated rings. The molecule has 0 unspecified atom stereocenters. The lowest BCUT2D eigenvalue weighted by molar-refractivity contribution is -0.138. The van der Waals surface area contributed by atoms with Crippen molar-refractivity contribution < 1.29 is 42.8 Å². The number of rotatable bonds is 17. The molecule has 0 N–H and O–H groups in total. The van der Waals surface area contributed by atoms with Crippen molar-refractivity contribution in [3.05, 3.63) is 115 Å². The highest BCUT2D eigenvalue weighted by Crippen LogP contribution is 2.28. The van der Waals surface area contributed by atoms with Crippen molar-refractivity contribution in [2.75, 3.05) is 26.4 Å². The summed E-state index contributed by atoms with van der Waals surface area (Å²) in [7, 11) is 0. The first-order valence-electron chi connectivity index (χ1n) is 13.5. The van der Waals surface area contributed by atoms with E-state index < -0.39 is 17.9 Å². The molecule has 0 aliphatic carbocycles. The van der Waals surface area contributed by atoms with Crippen LogP contribution in [0.1, 0.15) is 34.3 Å². The number of carbonyl (C=O) groups excluding carboxylic acids is 3. The second-order valence-corrected chi connectivity index (χ2v) is 9.04. The average molecular weight is 587 g/mol. The van der Waals surface area contributed by atoms with E-state index in [0.29, 0.717) is 60.4 Å². The molecule has 0 heterocycles. The molecule has 0 radical (unpaired) electrons. The molecule has 0 saturated heterocycles. The Morgan fingerprint density at radius 3 is 1.63 bits per heavy atom. The lowest BCUT2D eigenvalue weighted by Crippen LogP contribution is -2.09. The molecule has 0 spiro atoms. The van der Waals surface area contributed by atoms with E-state index in [0.717, 1.165) is 23.3 Å². The monoisotopic (exact) mass is 586 g/mol. The molecule has 3 aromatic carbocycles. The Balaban J connectivity index is 1.45. The van der Waals surface area contributed by atoms with Crippen molar-refractivity contribution in [2.45, 2.75) is 19.8 Å². The first kappa shape index (κ1) is 32.2. The summed E-state index contributed by atoms with van der Waals surface area (Å²) < 4.78 is 32.6. The van der Waals surface area contributed by atoms with E-state index >= 15 is 0 Å². The van der Waals surface area contributed by atoms with Crippen molar-refractivity contribution in [3.8, 4) is 23.0 Å². The topological polar surface area (TPSA) is 107 Å². The molecule has 9 heteroatoms. The van der Waals surface area contributed by atoms with Crippen LogP contribution in [-0.4, -0.2) is 44.3 Å². The smallest absolute Gasteiger partial charge is 0.343 e. The van der Waals surface area contributed by atoms with Gasteiger partial charge in [0.2, 0.25) is 0 Å². The molecule has 0 bridgehead atoms. The fraction of sp³-hybridized carbons (Fsp3) is 0.206. The normalized spacial score (nSPS) is 10.2. The van der Waals surface area contributed by atoms with E-state index in [4.69, 9.17) is 28.4 Å². The molecule has 0 aliphatic rings. The van der Waals surface area contributed by atoms with Gasteiger partial charge in [0, 0.05) is 30.6 Å². The minimum Gasteiger partial charge on any atom is -0.493 e. The second kappa shape index (κ2) is 16.8. The van der Waals surface area contributed by atoms with Crippen molar-refractivity contribution in [2.24, 2.45) is 0 Å². The van der Waals surface area contributed by atoms with E-state index in [2.05, 4.69) is 19.7 Å². The molecular formula is C34H34O9. The van der Waals surface area contributed by atoms with Crippen molar-refractivity contribution >= 4 is 23.7 Å². The van der Waals surface area contributed by atoms with Gasteiger partial charge in [0.15, 0.2) is 0 Å². The van der Waals surface area contributed by atoms with Crippen LogP contribution in [0.4, 0.5) is 0 Å². The average Bonchev–Trinajstić information content (AvgIpc) is 3.02. The summed E-state index contributed by atoms with van der Waals surface area (Å²) in [6.45, 7) is 13.8. The Bertz CT molecular complexity index is 1420. The van der Waals surface area contributed by atoms with Crippen LogP contribution in [0.15, 0.2) is 98.6 Å². The number of carbonyl (C=O) groups is 3. The van der Waals surface area contributed by atoms with Crippen LogP contribution in [0.25, 0.3) is 5.76 Å². The van der Waals surface area contributed by atoms with Gasteiger partial charge in [0.05, 0.1) is 32.0 Å². The van der Waals surface area contributed by atoms with Crippen LogP contribution >= 0.6 is 0 Å². The molecule has 0 aliphatic heterocycles. The third kappa shape index (κ3) is 10.9. The highest BCUT2D eigenvalue weighted by Gasteiger charge is 2.12. The van der Waals surface area contributed by atoms with Gasteiger partial charge in [0.25, 0.3) is 0 Å². The van der Waals surface area contributed by atoms with Gasteiger partial charge in [0.1, 0.15) is 28.8 Å². The number of hydrogen-bond acceptors (Lipinski definition) is 9. The van der Waals surface area contributed by atoms with Crippen molar-refractivity contribution in [3.63, 3.8) is 0 Å². The summed E-state index contributed by atoms with van der Waals surface area (Å²) in [5.41, 5.74) is 1.89. The van der Waals surface area contributed by atoms with Gasteiger partial charge in [-0.1, -0.05) is 19.7 Å². The van der Waals surface area contributed by atoms with E-state index in [1.807, 2.05) is 19.1 Å². The Hall–Kier alpha value is -5.31. The summed E-state index contributed by atoms with van der Waals surface area (Å²) in [5, 5.41) is 0. The predicted molar refractivity (Wildman–Crippen MR) is 161 cm³/mol. The molecule has 0 aromatic heterocycles. The summed E-state index contributed by atoms with van der Waals surface area (Å²) in [6, 6.07) is 18.9. The van der Waals surface area contributed by atoms with Gasteiger partial charge in [-0.25, -0.2) is 14.4 Å². The van der Waals surface area contributed by atoms with Crippen LogP contribution in [-0.2, 0) is 19.1 Å². The number of benzene rings is 3. The molecule has 224 valence electrons. The van der Waals surface area contributed by atoms with Crippen LogP contribution in [0.3, 0.4) is 0 Å². The van der Waals surface area contributed by atoms with E-state index in [9.17, 15) is 14.4 Å². The summed E-state index contributed by atoms with van der Waals surface area (Å²) in [5.74, 6) is 1.18. The fourth-order valence-electron chi connectivity index (χ4n) is 3.54. The quantitative estimate of drug-likeness (QED) is 0.0596.